The lowest BCUT2D eigenvalue weighted by Gasteiger charge is -2.28. The molecule has 0 fully saturated rings. The van der Waals surface area contributed by atoms with E-state index >= 15 is 0 Å². The number of aromatic nitrogens is 1. The molecular weight excluding hydrogens is 256 g/mol. The molecule has 0 bridgehead atoms. The monoisotopic (exact) mass is 280 g/mol. The van der Waals surface area contributed by atoms with Crippen molar-refractivity contribution >= 4 is 11.8 Å². The second kappa shape index (κ2) is 7.24. The summed E-state index contributed by atoms with van der Waals surface area (Å²) in [5, 5.41) is 8.73. The molecule has 0 radical (unpaired) electrons. The number of nitrogens with zero attached hydrogens (tertiary/aromatic N) is 2. The van der Waals surface area contributed by atoms with E-state index in [4.69, 9.17) is 9.84 Å². The van der Waals surface area contributed by atoms with E-state index in [1.54, 1.807) is 6.20 Å². The predicted octanol–water partition coefficient (Wildman–Crippen LogP) is 2.83. The molecule has 20 heavy (non-hydrogen) atoms. The number of ether oxygens (including phenoxy) is 1. The van der Waals surface area contributed by atoms with Crippen LogP contribution < -0.4 is 4.90 Å². The zero-order chi connectivity index (χ0) is 15.2. The minimum Gasteiger partial charge on any atom is -0.481 e. The van der Waals surface area contributed by atoms with E-state index in [0.717, 1.165) is 11.4 Å². The van der Waals surface area contributed by atoms with Gasteiger partial charge in [-0.3, -0.25) is 4.79 Å². The van der Waals surface area contributed by atoms with Gasteiger partial charge in [0.05, 0.1) is 5.60 Å². The summed E-state index contributed by atoms with van der Waals surface area (Å²) in [5.74, 6) is 0.0403. The summed E-state index contributed by atoms with van der Waals surface area (Å²) >= 11 is 0. The van der Waals surface area contributed by atoms with Crippen molar-refractivity contribution in [3.8, 4) is 0 Å². The Balaban J connectivity index is 2.70. The summed E-state index contributed by atoms with van der Waals surface area (Å²) in [5.41, 5.74) is 0.878. The number of aryl methyl sites for hydroxylation is 1. The van der Waals surface area contributed by atoms with Crippen LogP contribution in [0.25, 0.3) is 0 Å². The maximum atomic E-state index is 10.6. The Morgan fingerprint density at radius 3 is 2.70 bits per heavy atom. The van der Waals surface area contributed by atoms with Gasteiger partial charge < -0.3 is 14.7 Å². The number of pyridine rings is 1. The third-order valence-corrected chi connectivity index (χ3v) is 2.70. The van der Waals surface area contributed by atoms with Gasteiger partial charge in [-0.15, -0.1) is 0 Å². The van der Waals surface area contributed by atoms with Crippen molar-refractivity contribution in [1.82, 2.24) is 4.98 Å². The van der Waals surface area contributed by atoms with Crippen LogP contribution >= 0.6 is 0 Å². The fraction of sp³-hybridized carbons (Fsp3) is 0.600. The van der Waals surface area contributed by atoms with Crippen molar-refractivity contribution < 1.29 is 14.6 Å². The molecule has 5 nitrogen and oxygen atoms in total. The minimum absolute atomic E-state index is 0.151. The summed E-state index contributed by atoms with van der Waals surface area (Å²) in [7, 11) is 0. The predicted molar refractivity (Wildman–Crippen MR) is 78.9 cm³/mol. The van der Waals surface area contributed by atoms with E-state index in [1.165, 1.54) is 0 Å². The van der Waals surface area contributed by atoms with Crippen molar-refractivity contribution in [3.05, 3.63) is 23.9 Å². The van der Waals surface area contributed by atoms with Crippen molar-refractivity contribution in [3.63, 3.8) is 0 Å². The second-order valence-corrected chi connectivity index (χ2v) is 5.84. The van der Waals surface area contributed by atoms with E-state index in [1.807, 2.05) is 44.7 Å². The number of anilines is 1. The summed E-state index contributed by atoms with van der Waals surface area (Å²) in [4.78, 5) is 16.9. The minimum atomic E-state index is -0.779. The lowest BCUT2D eigenvalue weighted by Crippen LogP contribution is -2.33. The number of hydrogen-bond acceptors (Lipinski definition) is 4. The fourth-order valence-corrected chi connectivity index (χ4v) is 1.63. The van der Waals surface area contributed by atoms with E-state index in [0.29, 0.717) is 19.7 Å². The molecule has 0 aliphatic carbocycles. The second-order valence-electron chi connectivity index (χ2n) is 5.84. The number of aliphatic carboxylic acids is 1. The van der Waals surface area contributed by atoms with Gasteiger partial charge in [0, 0.05) is 19.2 Å². The van der Waals surface area contributed by atoms with Gasteiger partial charge >= 0.3 is 5.97 Å². The Labute approximate surface area is 120 Å². The highest BCUT2D eigenvalue weighted by atomic mass is 16.5. The van der Waals surface area contributed by atoms with Crippen LogP contribution in [0.5, 0.6) is 0 Å². The van der Waals surface area contributed by atoms with Crippen LogP contribution in [0, 0.1) is 6.92 Å². The maximum absolute atomic E-state index is 10.6. The van der Waals surface area contributed by atoms with Gasteiger partial charge in [0.1, 0.15) is 12.5 Å². The standard InChI is InChI=1S/C15H24N2O3/c1-12-7-8-16-13(10-12)17(9-5-6-14(18)19)11-20-15(2,3)4/h7-8,10H,5-6,9,11H2,1-4H3,(H,18,19). The molecule has 1 rings (SSSR count). The number of carbonyl (C=O) groups is 1. The zero-order valence-electron chi connectivity index (χ0n) is 12.7. The molecule has 0 saturated carbocycles. The summed E-state index contributed by atoms with van der Waals surface area (Å²) < 4.78 is 5.78. The number of rotatable bonds is 7. The first-order valence-electron chi connectivity index (χ1n) is 6.81. The molecule has 0 unspecified atom stereocenters. The molecule has 1 aromatic heterocycles. The molecule has 1 N–H and O–H groups in total. The molecule has 0 aliphatic heterocycles. The summed E-state index contributed by atoms with van der Waals surface area (Å²) in [6.45, 7) is 8.99. The lowest BCUT2D eigenvalue weighted by atomic mass is 10.2. The van der Waals surface area contributed by atoms with E-state index in [9.17, 15) is 4.79 Å². The van der Waals surface area contributed by atoms with Crippen LogP contribution in [0.2, 0.25) is 0 Å². The topological polar surface area (TPSA) is 62.7 Å². The van der Waals surface area contributed by atoms with Gasteiger partial charge in [0.15, 0.2) is 0 Å². The largest absolute Gasteiger partial charge is 0.481 e. The Hall–Kier alpha value is -1.62. The Bertz CT molecular complexity index is 441. The third-order valence-electron chi connectivity index (χ3n) is 2.70. The van der Waals surface area contributed by atoms with Crippen LogP contribution in [-0.2, 0) is 9.53 Å². The van der Waals surface area contributed by atoms with Gasteiger partial charge in [-0.25, -0.2) is 4.98 Å². The first-order valence-corrected chi connectivity index (χ1v) is 6.81. The average molecular weight is 280 g/mol. The highest BCUT2D eigenvalue weighted by Gasteiger charge is 2.15. The highest BCUT2D eigenvalue weighted by Crippen LogP contribution is 2.16. The van der Waals surface area contributed by atoms with Gasteiger partial charge in [-0.05, 0) is 51.8 Å². The molecule has 1 aromatic rings. The Kier molecular flexibility index (Phi) is 5.95. The summed E-state index contributed by atoms with van der Waals surface area (Å²) in [6.07, 6.45) is 2.47. The van der Waals surface area contributed by atoms with Crippen molar-refractivity contribution in [2.45, 2.75) is 46.1 Å². The van der Waals surface area contributed by atoms with Crippen molar-refractivity contribution in [1.29, 1.82) is 0 Å². The van der Waals surface area contributed by atoms with Crippen LogP contribution in [0.4, 0.5) is 5.82 Å². The molecule has 112 valence electrons. The van der Waals surface area contributed by atoms with Gasteiger partial charge in [-0.2, -0.15) is 0 Å². The fourth-order valence-electron chi connectivity index (χ4n) is 1.63. The van der Waals surface area contributed by atoms with Gasteiger partial charge in [-0.1, -0.05) is 0 Å². The Morgan fingerprint density at radius 1 is 1.45 bits per heavy atom. The number of carboxylic acid groups (broad SMARTS) is 1. The first-order chi connectivity index (χ1) is 9.28. The van der Waals surface area contributed by atoms with Gasteiger partial charge in [0.2, 0.25) is 0 Å². The lowest BCUT2D eigenvalue weighted by molar-refractivity contribution is -0.137. The highest BCUT2D eigenvalue weighted by molar-refractivity contribution is 5.66. The van der Waals surface area contributed by atoms with Crippen LogP contribution in [-0.4, -0.2) is 34.9 Å². The summed E-state index contributed by atoms with van der Waals surface area (Å²) in [6, 6.07) is 3.91. The quantitative estimate of drug-likeness (QED) is 0.778. The van der Waals surface area contributed by atoms with Crippen LogP contribution in [0.1, 0.15) is 39.2 Å². The molecule has 0 atom stereocenters. The number of carboxylic acids is 1. The molecule has 0 spiro atoms. The van der Waals surface area contributed by atoms with Gasteiger partial charge in [0.25, 0.3) is 0 Å². The molecule has 0 aliphatic rings. The molecule has 0 aromatic carbocycles. The molecule has 1 heterocycles. The van der Waals surface area contributed by atoms with Crippen molar-refractivity contribution in [2.24, 2.45) is 0 Å². The van der Waals surface area contributed by atoms with Crippen LogP contribution in [0.3, 0.4) is 0 Å². The average Bonchev–Trinajstić information content (AvgIpc) is 2.31. The molecule has 0 amide bonds. The molecule has 0 saturated heterocycles. The van der Waals surface area contributed by atoms with E-state index in [2.05, 4.69) is 4.98 Å². The third kappa shape index (κ3) is 6.52. The maximum Gasteiger partial charge on any atom is 0.303 e. The van der Waals surface area contributed by atoms with Crippen LogP contribution in [0.15, 0.2) is 18.3 Å². The molecule has 5 heteroatoms. The number of hydrogen-bond donors (Lipinski definition) is 1. The first kappa shape index (κ1) is 16.4. The Morgan fingerprint density at radius 2 is 2.15 bits per heavy atom. The van der Waals surface area contributed by atoms with E-state index in [-0.39, 0.29) is 12.0 Å². The molecular formula is C15H24N2O3. The normalized spacial score (nSPS) is 11.4. The van der Waals surface area contributed by atoms with Crippen molar-refractivity contribution in [2.75, 3.05) is 18.2 Å². The van der Waals surface area contributed by atoms with E-state index < -0.39 is 5.97 Å². The SMILES string of the molecule is Cc1ccnc(N(CCCC(=O)O)COC(C)(C)C)c1. The smallest absolute Gasteiger partial charge is 0.303 e. The zero-order valence-corrected chi connectivity index (χ0v) is 12.7.